The van der Waals surface area contributed by atoms with Crippen LogP contribution in [0, 0.1) is 0 Å². The van der Waals surface area contributed by atoms with Gasteiger partial charge in [0.25, 0.3) is 0 Å². The van der Waals surface area contributed by atoms with Crippen molar-refractivity contribution in [2.75, 3.05) is 0 Å². The summed E-state index contributed by atoms with van der Waals surface area (Å²) in [4.78, 5) is 12.2. The second-order valence-corrected chi connectivity index (χ2v) is 7.25. The molecule has 2 aromatic carbocycles. The molecule has 0 bridgehead atoms. The molecule has 0 radical (unpaired) electrons. The third kappa shape index (κ3) is 4.68. The Labute approximate surface area is 146 Å². The molecular formula is C20H22BrNO. The van der Waals surface area contributed by atoms with E-state index >= 15 is 0 Å². The van der Waals surface area contributed by atoms with Crippen LogP contribution in [-0.2, 0) is 11.2 Å². The molecule has 1 fully saturated rings. The van der Waals surface area contributed by atoms with Crippen LogP contribution in [0.25, 0.3) is 0 Å². The van der Waals surface area contributed by atoms with E-state index in [1.165, 1.54) is 5.56 Å². The maximum absolute atomic E-state index is 12.2. The van der Waals surface area contributed by atoms with Gasteiger partial charge in [0.15, 0.2) is 0 Å². The highest BCUT2D eigenvalue weighted by Gasteiger charge is 2.23. The van der Waals surface area contributed by atoms with Crippen LogP contribution in [0.1, 0.15) is 42.7 Å². The summed E-state index contributed by atoms with van der Waals surface area (Å²) < 4.78 is 1.04. The molecule has 0 aromatic heterocycles. The third-order valence-corrected chi connectivity index (χ3v) is 5.17. The van der Waals surface area contributed by atoms with E-state index < -0.39 is 0 Å². The summed E-state index contributed by atoms with van der Waals surface area (Å²) in [7, 11) is 0. The van der Waals surface area contributed by atoms with Crippen molar-refractivity contribution in [2.24, 2.45) is 0 Å². The Morgan fingerprint density at radius 1 is 0.957 bits per heavy atom. The fraction of sp³-hybridized carbons (Fsp3) is 0.350. The van der Waals surface area contributed by atoms with Gasteiger partial charge in [-0.25, -0.2) is 0 Å². The summed E-state index contributed by atoms with van der Waals surface area (Å²) in [6, 6.07) is 19.0. The summed E-state index contributed by atoms with van der Waals surface area (Å²) in [5.41, 5.74) is 2.50. The quantitative estimate of drug-likeness (QED) is 0.818. The van der Waals surface area contributed by atoms with E-state index in [-0.39, 0.29) is 5.91 Å². The number of halogens is 1. The van der Waals surface area contributed by atoms with Gasteiger partial charge in [0.1, 0.15) is 0 Å². The van der Waals surface area contributed by atoms with E-state index in [9.17, 15) is 4.79 Å². The van der Waals surface area contributed by atoms with Crippen molar-refractivity contribution in [1.29, 1.82) is 0 Å². The van der Waals surface area contributed by atoms with Gasteiger partial charge in [-0.3, -0.25) is 4.79 Å². The van der Waals surface area contributed by atoms with Gasteiger partial charge in [-0.05, 0) is 54.9 Å². The zero-order chi connectivity index (χ0) is 16.1. The van der Waals surface area contributed by atoms with Gasteiger partial charge in [0, 0.05) is 10.5 Å². The highest BCUT2D eigenvalue weighted by Crippen LogP contribution is 2.32. The molecule has 0 spiro atoms. The molecule has 23 heavy (non-hydrogen) atoms. The summed E-state index contributed by atoms with van der Waals surface area (Å²) >= 11 is 3.42. The van der Waals surface area contributed by atoms with Crippen molar-refractivity contribution in [3.63, 3.8) is 0 Å². The van der Waals surface area contributed by atoms with Crippen LogP contribution in [0.5, 0.6) is 0 Å². The number of nitrogens with one attached hydrogen (secondary N) is 1. The Kier molecular flexibility index (Phi) is 5.50. The van der Waals surface area contributed by atoms with E-state index in [0.29, 0.717) is 18.4 Å². The molecule has 0 heterocycles. The number of amides is 1. The molecule has 1 amide bonds. The number of carbonyl (C=O) groups excluding carboxylic acids is 1. The van der Waals surface area contributed by atoms with Gasteiger partial charge in [-0.1, -0.05) is 58.4 Å². The first-order valence-electron chi connectivity index (χ1n) is 8.29. The topological polar surface area (TPSA) is 29.1 Å². The first-order valence-corrected chi connectivity index (χ1v) is 9.09. The Bertz CT molecular complexity index is 630. The van der Waals surface area contributed by atoms with E-state index in [1.807, 2.05) is 24.3 Å². The number of benzene rings is 2. The molecular weight excluding hydrogens is 350 g/mol. The molecule has 1 N–H and O–H groups in total. The fourth-order valence-corrected chi connectivity index (χ4v) is 3.63. The Balaban J connectivity index is 1.47. The molecule has 2 aromatic rings. The summed E-state index contributed by atoms with van der Waals surface area (Å²) in [5.74, 6) is 0.784. The van der Waals surface area contributed by atoms with Crippen LogP contribution < -0.4 is 5.32 Å². The van der Waals surface area contributed by atoms with Crippen LogP contribution in [0.4, 0.5) is 0 Å². The minimum absolute atomic E-state index is 0.135. The monoisotopic (exact) mass is 371 g/mol. The minimum Gasteiger partial charge on any atom is -0.353 e. The smallest absolute Gasteiger partial charge is 0.224 e. The summed E-state index contributed by atoms with van der Waals surface area (Å²) in [5, 5.41) is 3.20. The molecule has 120 valence electrons. The molecule has 0 aliphatic heterocycles. The maximum atomic E-state index is 12.2. The van der Waals surface area contributed by atoms with Crippen LogP contribution in [0.3, 0.4) is 0 Å². The first-order chi connectivity index (χ1) is 11.2. The second-order valence-electron chi connectivity index (χ2n) is 6.33. The van der Waals surface area contributed by atoms with Crippen molar-refractivity contribution >= 4 is 21.8 Å². The van der Waals surface area contributed by atoms with Gasteiger partial charge in [-0.2, -0.15) is 0 Å². The average Bonchev–Trinajstić information content (AvgIpc) is 2.58. The van der Waals surface area contributed by atoms with Crippen molar-refractivity contribution < 1.29 is 4.79 Å². The van der Waals surface area contributed by atoms with Crippen LogP contribution in [-0.4, -0.2) is 11.9 Å². The SMILES string of the molecule is O=C(Cc1ccc(Br)cc1)NC1CCC(c2ccccc2)CC1. The van der Waals surface area contributed by atoms with Crippen molar-refractivity contribution in [3.8, 4) is 0 Å². The second kappa shape index (κ2) is 7.78. The zero-order valence-electron chi connectivity index (χ0n) is 13.2. The lowest BCUT2D eigenvalue weighted by molar-refractivity contribution is -0.121. The molecule has 2 nitrogen and oxygen atoms in total. The molecule has 0 saturated heterocycles. The zero-order valence-corrected chi connectivity index (χ0v) is 14.8. The van der Waals surface area contributed by atoms with Gasteiger partial charge in [-0.15, -0.1) is 0 Å². The Morgan fingerprint density at radius 3 is 2.26 bits per heavy atom. The Morgan fingerprint density at radius 2 is 1.61 bits per heavy atom. The minimum atomic E-state index is 0.135. The molecule has 1 aliphatic rings. The lowest BCUT2D eigenvalue weighted by Crippen LogP contribution is -2.38. The lowest BCUT2D eigenvalue weighted by atomic mass is 9.82. The molecule has 0 unspecified atom stereocenters. The number of carbonyl (C=O) groups is 1. The van der Waals surface area contributed by atoms with E-state index in [4.69, 9.17) is 0 Å². The lowest BCUT2D eigenvalue weighted by Gasteiger charge is -2.29. The first kappa shape index (κ1) is 16.3. The fourth-order valence-electron chi connectivity index (χ4n) is 3.36. The van der Waals surface area contributed by atoms with Gasteiger partial charge in [0.05, 0.1) is 6.42 Å². The van der Waals surface area contributed by atoms with E-state index in [1.54, 1.807) is 0 Å². The van der Waals surface area contributed by atoms with Crippen molar-refractivity contribution in [1.82, 2.24) is 5.32 Å². The predicted octanol–water partition coefficient (Wildman–Crippen LogP) is 4.83. The molecule has 3 rings (SSSR count). The van der Waals surface area contributed by atoms with E-state index in [2.05, 4.69) is 51.6 Å². The van der Waals surface area contributed by atoms with Crippen LogP contribution in [0.15, 0.2) is 59.1 Å². The van der Waals surface area contributed by atoms with Gasteiger partial charge in [0.2, 0.25) is 5.91 Å². The third-order valence-electron chi connectivity index (χ3n) is 4.64. The number of rotatable bonds is 4. The largest absolute Gasteiger partial charge is 0.353 e. The van der Waals surface area contributed by atoms with Crippen LogP contribution in [0.2, 0.25) is 0 Å². The highest BCUT2D eigenvalue weighted by atomic mass is 79.9. The van der Waals surface area contributed by atoms with Crippen molar-refractivity contribution in [2.45, 2.75) is 44.1 Å². The predicted molar refractivity (Wildman–Crippen MR) is 97.4 cm³/mol. The molecule has 3 heteroatoms. The Hall–Kier alpha value is -1.61. The number of hydrogen-bond acceptors (Lipinski definition) is 1. The molecule has 1 saturated carbocycles. The van der Waals surface area contributed by atoms with Gasteiger partial charge < -0.3 is 5.32 Å². The maximum Gasteiger partial charge on any atom is 0.224 e. The summed E-state index contributed by atoms with van der Waals surface area (Å²) in [6.07, 6.45) is 4.93. The molecule has 1 aliphatic carbocycles. The van der Waals surface area contributed by atoms with Crippen molar-refractivity contribution in [3.05, 3.63) is 70.2 Å². The van der Waals surface area contributed by atoms with Gasteiger partial charge >= 0.3 is 0 Å². The molecule has 0 atom stereocenters. The summed E-state index contributed by atoms with van der Waals surface area (Å²) in [6.45, 7) is 0. The highest BCUT2D eigenvalue weighted by molar-refractivity contribution is 9.10. The normalized spacial score (nSPS) is 20.9. The standard InChI is InChI=1S/C20H22BrNO/c21-18-10-6-15(7-11-18)14-20(23)22-19-12-8-17(9-13-19)16-4-2-1-3-5-16/h1-7,10-11,17,19H,8-9,12-14H2,(H,22,23). The van der Waals surface area contributed by atoms with Crippen LogP contribution >= 0.6 is 15.9 Å². The number of hydrogen-bond donors (Lipinski definition) is 1. The van der Waals surface area contributed by atoms with E-state index in [0.717, 1.165) is 35.7 Å². The average molecular weight is 372 g/mol.